The molecule has 1 aliphatic heterocycles. The van der Waals surface area contributed by atoms with Crippen molar-refractivity contribution in [1.29, 1.82) is 0 Å². The van der Waals surface area contributed by atoms with E-state index in [4.69, 9.17) is 9.47 Å². The maximum atomic E-state index is 5.73. The Morgan fingerprint density at radius 2 is 1.58 bits per heavy atom. The number of likely N-dealkylation sites (N-methyl/N-ethyl adjacent to an activating group) is 1. The fraction of sp³-hybridized carbons (Fsp3) is 0.368. The van der Waals surface area contributed by atoms with Gasteiger partial charge >= 0.3 is 0 Å². The van der Waals surface area contributed by atoms with Crippen molar-refractivity contribution < 1.29 is 9.47 Å². The minimum atomic E-state index is 0.346. The summed E-state index contributed by atoms with van der Waals surface area (Å²) in [5.74, 6) is 1.74. The van der Waals surface area contributed by atoms with E-state index in [1.165, 1.54) is 5.56 Å². The molecule has 2 aromatic rings. The first-order chi connectivity index (χ1) is 11.8. The number of para-hydroxylation sites is 1. The molecule has 0 spiro atoms. The number of hydrazine groups is 1. The van der Waals surface area contributed by atoms with Gasteiger partial charge in [0.2, 0.25) is 0 Å². The summed E-state index contributed by atoms with van der Waals surface area (Å²) in [6.45, 7) is 2.03. The van der Waals surface area contributed by atoms with Crippen molar-refractivity contribution in [3.63, 3.8) is 0 Å². The smallest absolute Gasteiger partial charge is 0.122 e. The molecule has 24 heavy (non-hydrogen) atoms. The predicted octanol–water partition coefficient (Wildman–Crippen LogP) is 2.27. The van der Waals surface area contributed by atoms with E-state index in [1.54, 1.807) is 0 Å². The van der Waals surface area contributed by atoms with Gasteiger partial charge in [-0.05, 0) is 43.3 Å². The lowest BCUT2D eigenvalue weighted by Gasteiger charge is -2.12. The Bertz CT molecular complexity index is 604. The van der Waals surface area contributed by atoms with Crippen molar-refractivity contribution in [2.24, 2.45) is 0 Å². The number of rotatable bonds is 8. The highest BCUT2D eigenvalue weighted by molar-refractivity contribution is 5.29. The number of ether oxygens (including phenoxy) is 2. The van der Waals surface area contributed by atoms with Crippen LogP contribution in [0.5, 0.6) is 11.5 Å². The molecular weight excluding hydrogens is 302 g/mol. The van der Waals surface area contributed by atoms with Gasteiger partial charge in [-0.1, -0.05) is 30.3 Å². The fourth-order valence-corrected chi connectivity index (χ4v) is 2.85. The number of hydrogen-bond donors (Lipinski definition) is 3. The second-order valence-corrected chi connectivity index (χ2v) is 5.91. The Morgan fingerprint density at radius 3 is 2.25 bits per heavy atom. The molecule has 5 nitrogen and oxygen atoms in total. The van der Waals surface area contributed by atoms with Crippen LogP contribution in [-0.2, 0) is 0 Å². The second-order valence-electron chi connectivity index (χ2n) is 5.91. The summed E-state index contributed by atoms with van der Waals surface area (Å²) in [6, 6.07) is 18.9. The van der Waals surface area contributed by atoms with Gasteiger partial charge in [0.25, 0.3) is 0 Å². The third-order valence-electron chi connectivity index (χ3n) is 4.08. The first kappa shape index (κ1) is 16.8. The molecule has 0 bridgehead atoms. The minimum Gasteiger partial charge on any atom is -0.490 e. The van der Waals surface area contributed by atoms with Crippen molar-refractivity contribution in [1.82, 2.24) is 16.2 Å². The van der Waals surface area contributed by atoms with Crippen molar-refractivity contribution >= 4 is 0 Å². The molecule has 1 aliphatic rings. The van der Waals surface area contributed by atoms with Gasteiger partial charge in [0, 0.05) is 18.6 Å². The van der Waals surface area contributed by atoms with Gasteiger partial charge in [0.05, 0.1) is 0 Å². The highest BCUT2D eigenvalue weighted by Crippen LogP contribution is 2.24. The number of nitrogens with one attached hydrogen (secondary N) is 3. The summed E-state index contributed by atoms with van der Waals surface area (Å²) < 4.78 is 11.4. The first-order valence-corrected chi connectivity index (χ1v) is 8.41. The zero-order chi connectivity index (χ0) is 16.6. The average Bonchev–Trinajstić information content (AvgIpc) is 3.09. The standard InChI is InChI=1S/C19H25N3O2/c1-20-14-16-13-19(22-21-16)15-7-9-18(10-8-15)24-12-11-23-17-5-3-2-4-6-17/h2-10,16,19-22H,11-14H2,1H3. The molecule has 2 aromatic carbocycles. The van der Waals surface area contributed by atoms with E-state index in [0.29, 0.717) is 25.3 Å². The molecule has 0 saturated carbocycles. The molecule has 3 N–H and O–H groups in total. The Balaban J connectivity index is 1.42. The van der Waals surface area contributed by atoms with Gasteiger partial charge in [-0.2, -0.15) is 0 Å². The van der Waals surface area contributed by atoms with E-state index in [2.05, 4.69) is 28.3 Å². The highest BCUT2D eigenvalue weighted by Gasteiger charge is 2.24. The Hall–Kier alpha value is -2.08. The zero-order valence-electron chi connectivity index (χ0n) is 14.0. The highest BCUT2D eigenvalue weighted by atomic mass is 16.5. The normalized spacial score (nSPS) is 20.0. The van der Waals surface area contributed by atoms with Crippen LogP contribution >= 0.6 is 0 Å². The average molecular weight is 327 g/mol. The maximum Gasteiger partial charge on any atom is 0.122 e. The summed E-state index contributed by atoms with van der Waals surface area (Å²) in [6.07, 6.45) is 1.08. The molecule has 3 rings (SSSR count). The summed E-state index contributed by atoms with van der Waals surface area (Å²) in [4.78, 5) is 0. The molecule has 5 heteroatoms. The topological polar surface area (TPSA) is 54.5 Å². The van der Waals surface area contributed by atoms with Gasteiger partial charge in [0.15, 0.2) is 0 Å². The van der Waals surface area contributed by atoms with Crippen LogP contribution in [0.25, 0.3) is 0 Å². The van der Waals surface area contributed by atoms with Crippen molar-refractivity contribution in [3.05, 3.63) is 60.2 Å². The van der Waals surface area contributed by atoms with Crippen LogP contribution in [0, 0.1) is 0 Å². The van der Waals surface area contributed by atoms with Gasteiger partial charge in [-0.15, -0.1) is 0 Å². The molecule has 0 aromatic heterocycles. The molecule has 1 fully saturated rings. The second kappa shape index (κ2) is 8.68. The monoisotopic (exact) mass is 327 g/mol. The maximum absolute atomic E-state index is 5.73. The fourth-order valence-electron chi connectivity index (χ4n) is 2.85. The van der Waals surface area contributed by atoms with Crippen molar-refractivity contribution in [3.8, 4) is 11.5 Å². The van der Waals surface area contributed by atoms with Crippen LogP contribution in [0.2, 0.25) is 0 Å². The molecule has 1 heterocycles. The molecule has 1 saturated heterocycles. The minimum absolute atomic E-state index is 0.346. The SMILES string of the molecule is CNCC1CC(c2ccc(OCCOc3ccccc3)cc2)NN1. The molecule has 2 atom stereocenters. The van der Waals surface area contributed by atoms with Crippen LogP contribution in [0.4, 0.5) is 0 Å². The Kier molecular flexibility index (Phi) is 6.07. The largest absolute Gasteiger partial charge is 0.490 e. The third-order valence-corrected chi connectivity index (χ3v) is 4.08. The number of benzene rings is 2. The first-order valence-electron chi connectivity index (χ1n) is 8.41. The van der Waals surface area contributed by atoms with E-state index >= 15 is 0 Å². The predicted molar refractivity (Wildman–Crippen MR) is 95.2 cm³/mol. The quantitative estimate of drug-likeness (QED) is 0.650. The van der Waals surface area contributed by atoms with Crippen LogP contribution in [0.1, 0.15) is 18.0 Å². The van der Waals surface area contributed by atoms with E-state index in [1.807, 2.05) is 49.5 Å². The van der Waals surface area contributed by atoms with Gasteiger partial charge in [-0.3, -0.25) is 5.43 Å². The van der Waals surface area contributed by atoms with Gasteiger partial charge in [0.1, 0.15) is 24.7 Å². The summed E-state index contributed by atoms with van der Waals surface area (Å²) in [5.41, 5.74) is 7.94. The molecule has 0 radical (unpaired) electrons. The van der Waals surface area contributed by atoms with E-state index < -0.39 is 0 Å². The van der Waals surface area contributed by atoms with Gasteiger partial charge in [-0.25, -0.2) is 5.43 Å². The van der Waals surface area contributed by atoms with E-state index in [-0.39, 0.29) is 0 Å². The van der Waals surface area contributed by atoms with E-state index in [9.17, 15) is 0 Å². The molecule has 2 unspecified atom stereocenters. The van der Waals surface area contributed by atoms with Crippen LogP contribution in [0.3, 0.4) is 0 Å². The zero-order valence-corrected chi connectivity index (χ0v) is 14.0. The summed E-state index contributed by atoms with van der Waals surface area (Å²) in [5, 5.41) is 3.20. The lowest BCUT2D eigenvalue weighted by atomic mass is 10.0. The third kappa shape index (κ3) is 4.71. The lowest BCUT2D eigenvalue weighted by Crippen LogP contribution is -2.36. The Labute approximate surface area is 143 Å². The van der Waals surface area contributed by atoms with Crippen molar-refractivity contribution in [2.45, 2.75) is 18.5 Å². The Morgan fingerprint density at radius 1 is 0.917 bits per heavy atom. The van der Waals surface area contributed by atoms with Crippen molar-refractivity contribution in [2.75, 3.05) is 26.8 Å². The van der Waals surface area contributed by atoms with Crippen LogP contribution < -0.4 is 25.6 Å². The molecule has 0 aliphatic carbocycles. The van der Waals surface area contributed by atoms with E-state index in [0.717, 1.165) is 24.5 Å². The van der Waals surface area contributed by atoms with Gasteiger partial charge < -0.3 is 14.8 Å². The summed E-state index contributed by atoms with van der Waals surface area (Å²) in [7, 11) is 1.97. The molecule has 0 amide bonds. The molecule has 128 valence electrons. The molecular formula is C19H25N3O2. The summed E-state index contributed by atoms with van der Waals surface area (Å²) >= 11 is 0. The number of hydrogen-bond acceptors (Lipinski definition) is 5. The lowest BCUT2D eigenvalue weighted by molar-refractivity contribution is 0.217. The van der Waals surface area contributed by atoms with Crippen LogP contribution in [-0.4, -0.2) is 32.8 Å². The van der Waals surface area contributed by atoms with Crippen LogP contribution in [0.15, 0.2) is 54.6 Å².